The van der Waals surface area contributed by atoms with E-state index < -0.39 is 5.97 Å². The molecule has 0 fully saturated rings. The Kier molecular flexibility index (Phi) is 3.84. The van der Waals surface area contributed by atoms with Crippen molar-refractivity contribution < 1.29 is 9.90 Å². The number of carbonyl (C=O) groups is 1. The molecule has 0 aliphatic rings. The summed E-state index contributed by atoms with van der Waals surface area (Å²) in [7, 11) is 1.78. The number of carboxylic acid groups (broad SMARTS) is 1. The highest BCUT2D eigenvalue weighted by atomic mass is 35.5. The zero-order chi connectivity index (χ0) is 14.0. The molecule has 2 aromatic heterocycles. The molecule has 0 spiro atoms. The summed E-state index contributed by atoms with van der Waals surface area (Å²) in [6.07, 6.45) is 2.15. The highest BCUT2D eigenvalue weighted by Gasteiger charge is 2.13. The van der Waals surface area contributed by atoms with Crippen LogP contribution in [0.15, 0.2) is 6.20 Å². The minimum absolute atomic E-state index is 0.0470. The fourth-order valence-corrected chi connectivity index (χ4v) is 2.02. The van der Waals surface area contributed by atoms with E-state index in [9.17, 15) is 4.79 Å². The van der Waals surface area contributed by atoms with Crippen molar-refractivity contribution in [3.8, 4) is 0 Å². The number of aromatic nitrogens is 5. The van der Waals surface area contributed by atoms with Crippen molar-refractivity contribution in [3.63, 3.8) is 0 Å². The van der Waals surface area contributed by atoms with Crippen LogP contribution in [-0.4, -0.2) is 35.9 Å². The van der Waals surface area contributed by atoms with Crippen LogP contribution < -0.4 is 0 Å². The lowest BCUT2D eigenvalue weighted by molar-refractivity contribution is -0.136. The molecule has 0 bridgehead atoms. The Morgan fingerprint density at radius 3 is 2.84 bits per heavy atom. The second-order valence-electron chi connectivity index (χ2n) is 4.28. The van der Waals surface area contributed by atoms with Crippen molar-refractivity contribution in [2.24, 2.45) is 7.05 Å². The molecule has 2 heterocycles. The van der Waals surface area contributed by atoms with E-state index in [2.05, 4.69) is 15.4 Å². The van der Waals surface area contributed by atoms with Gasteiger partial charge in [0.2, 0.25) is 0 Å². The molecule has 0 radical (unpaired) electrons. The Morgan fingerprint density at radius 2 is 2.26 bits per heavy atom. The first-order valence-electron chi connectivity index (χ1n) is 5.76. The van der Waals surface area contributed by atoms with Gasteiger partial charge < -0.3 is 5.11 Å². The van der Waals surface area contributed by atoms with Crippen molar-refractivity contribution in [1.29, 1.82) is 0 Å². The standard InChI is InChI=1S/C11H14ClN5O2/c1-7-9(11(12)16(2)14-7)6-17-5-8(13-15-17)3-4-10(18)19/h5H,3-4,6H2,1-2H3,(H,18,19). The molecule has 0 atom stereocenters. The highest BCUT2D eigenvalue weighted by molar-refractivity contribution is 6.30. The minimum Gasteiger partial charge on any atom is -0.481 e. The van der Waals surface area contributed by atoms with Crippen molar-refractivity contribution in [3.05, 3.63) is 28.3 Å². The Hall–Kier alpha value is -1.89. The van der Waals surface area contributed by atoms with Crippen molar-refractivity contribution in [1.82, 2.24) is 24.8 Å². The maximum Gasteiger partial charge on any atom is 0.303 e. The van der Waals surface area contributed by atoms with Crippen LogP contribution in [0, 0.1) is 6.92 Å². The molecule has 7 nitrogen and oxygen atoms in total. The number of rotatable bonds is 5. The van der Waals surface area contributed by atoms with Crippen LogP contribution in [0.4, 0.5) is 0 Å². The number of aryl methyl sites for hydroxylation is 3. The van der Waals surface area contributed by atoms with Crippen molar-refractivity contribution in [2.45, 2.75) is 26.3 Å². The van der Waals surface area contributed by atoms with Crippen LogP contribution in [0.25, 0.3) is 0 Å². The molecule has 2 rings (SSSR count). The quantitative estimate of drug-likeness (QED) is 0.886. The third kappa shape index (κ3) is 3.11. The fourth-order valence-electron chi connectivity index (χ4n) is 1.78. The summed E-state index contributed by atoms with van der Waals surface area (Å²) < 4.78 is 3.24. The molecule has 0 aliphatic heterocycles. The third-order valence-electron chi connectivity index (χ3n) is 2.77. The first-order valence-corrected chi connectivity index (χ1v) is 6.14. The van der Waals surface area contributed by atoms with Crippen LogP contribution in [0.5, 0.6) is 0 Å². The zero-order valence-electron chi connectivity index (χ0n) is 10.7. The second kappa shape index (κ2) is 5.40. The fraction of sp³-hybridized carbons (Fsp3) is 0.455. The minimum atomic E-state index is -0.847. The van der Waals surface area contributed by atoms with Gasteiger partial charge in [0.15, 0.2) is 0 Å². The topological polar surface area (TPSA) is 85.8 Å². The lowest BCUT2D eigenvalue weighted by atomic mass is 10.2. The number of aliphatic carboxylic acids is 1. The van der Waals surface area contributed by atoms with Crippen molar-refractivity contribution >= 4 is 17.6 Å². The number of hydrogen-bond acceptors (Lipinski definition) is 4. The van der Waals surface area contributed by atoms with Crippen LogP contribution in [0.1, 0.15) is 23.4 Å². The maximum atomic E-state index is 10.5. The van der Waals surface area contributed by atoms with E-state index in [0.29, 0.717) is 23.8 Å². The SMILES string of the molecule is Cc1nn(C)c(Cl)c1Cn1cc(CCC(=O)O)nn1. The molecular weight excluding hydrogens is 270 g/mol. The predicted molar refractivity (Wildman–Crippen MR) is 68.0 cm³/mol. The predicted octanol–water partition coefficient (Wildman–Crippen LogP) is 1.04. The van der Waals surface area contributed by atoms with Gasteiger partial charge >= 0.3 is 5.97 Å². The average Bonchev–Trinajstić information content (AvgIpc) is 2.88. The van der Waals surface area contributed by atoms with Gasteiger partial charge in [-0.15, -0.1) is 5.10 Å². The molecule has 0 aromatic carbocycles. The molecule has 0 saturated heterocycles. The summed E-state index contributed by atoms with van der Waals surface area (Å²) in [5.41, 5.74) is 2.38. The lowest BCUT2D eigenvalue weighted by Gasteiger charge is -1.99. The van der Waals surface area contributed by atoms with Crippen LogP contribution in [0.3, 0.4) is 0 Å². The van der Waals surface area contributed by atoms with Crippen LogP contribution in [0.2, 0.25) is 5.15 Å². The normalized spacial score (nSPS) is 10.9. The molecule has 8 heteroatoms. The van der Waals surface area contributed by atoms with E-state index in [0.717, 1.165) is 11.3 Å². The smallest absolute Gasteiger partial charge is 0.303 e. The van der Waals surface area contributed by atoms with E-state index in [4.69, 9.17) is 16.7 Å². The largest absolute Gasteiger partial charge is 0.481 e. The summed E-state index contributed by atoms with van der Waals surface area (Å²) >= 11 is 6.13. The van der Waals surface area contributed by atoms with E-state index >= 15 is 0 Å². The third-order valence-corrected chi connectivity index (χ3v) is 3.24. The van der Waals surface area contributed by atoms with Crippen molar-refractivity contribution in [2.75, 3.05) is 0 Å². The Bertz CT molecular complexity index is 604. The lowest BCUT2D eigenvalue weighted by Crippen LogP contribution is -2.01. The zero-order valence-corrected chi connectivity index (χ0v) is 11.4. The van der Waals surface area contributed by atoms with Gasteiger partial charge in [-0.25, -0.2) is 4.68 Å². The van der Waals surface area contributed by atoms with Gasteiger partial charge in [-0.05, 0) is 6.92 Å². The first kappa shape index (κ1) is 13.5. The van der Waals surface area contributed by atoms with Gasteiger partial charge in [0.05, 0.1) is 24.4 Å². The summed E-state index contributed by atoms with van der Waals surface area (Å²) in [6.45, 7) is 2.35. The summed E-state index contributed by atoms with van der Waals surface area (Å²) in [6, 6.07) is 0. The van der Waals surface area contributed by atoms with Crippen LogP contribution in [-0.2, 0) is 24.8 Å². The molecular formula is C11H14ClN5O2. The van der Waals surface area contributed by atoms with Gasteiger partial charge in [-0.2, -0.15) is 5.10 Å². The monoisotopic (exact) mass is 283 g/mol. The van der Waals surface area contributed by atoms with E-state index in [1.807, 2.05) is 6.92 Å². The molecule has 19 heavy (non-hydrogen) atoms. The van der Waals surface area contributed by atoms with Gasteiger partial charge in [0, 0.05) is 25.2 Å². The Labute approximate surface area is 114 Å². The summed E-state index contributed by atoms with van der Waals surface area (Å²) in [4.78, 5) is 10.5. The summed E-state index contributed by atoms with van der Waals surface area (Å²) in [5.74, 6) is -0.847. The molecule has 0 amide bonds. The molecule has 0 aliphatic carbocycles. The van der Waals surface area contributed by atoms with E-state index in [1.54, 1.807) is 22.6 Å². The van der Waals surface area contributed by atoms with Crippen LogP contribution >= 0.6 is 11.6 Å². The maximum absolute atomic E-state index is 10.5. The number of hydrogen-bond donors (Lipinski definition) is 1. The van der Waals surface area contributed by atoms with Gasteiger partial charge in [0.1, 0.15) is 5.15 Å². The Morgan fingerprint density at radius 1 is 1.53 bits per heavy atom. The van der Waals surface area contributed by atoms with Gasteiger partial charge in [-0.3, -0.25) is 9.48 Å². The first-order chi connectivity index (χ1) is 8.97. The van der Waals surface area contributed by atoms with Gasteiger partial charge in [0.25, 0.3) is 0 Å². The van der Waals surface area contributed by atoms with E-state index in [-0.39, 0.29) is 6.42 Å². The molecule has 2 aromatic rings. The Balaban J connectivity index is 2.09. The molecule has 0 unspecified atom stereocenters. The summed E-state index contributed by atoms with van der Waals surface area (Å²) in [5, 5.41) is 21.3. The number of carboxylic acids is 1. The molecule has 102 valence electrons. The highest BCUT2D eigenvalue weighted by Crippen LogP contribution is 2.19. The number of nitrogens with zero attached hydrogens (tertiary/aromatic N) is 5. The second-order valence-corrected chi connectivity index (χ2v) is 4.64. The van der Waals surface area contributed by atoms with Gasteiger partial charge in [-0.1, -0.05) is 16.8 Å². The van der Waals surface area contributed by atoms with E-state index in [1.165, 1.54) is 0 Å². The molecule has 0 saturated carbocycles. The average molecular weight is 284 g/mol. The number of halogens is 1. The molecule has 1 N–H and O–H groups in total.